The predicted molar refractivity (Wildman–Crippen MR) is 65.7 cm³/mol. The van der Waals surface area contributed by atoms with Crippen LogP contribution in [0.5, 0.6) is 0 Å². The second kappa shape index (κ2) is 4.42. The number of hydrogen-bond donors (Lipinski definition) is 0. The lowest BCUT2D eigenvalue weighted by atomic mass is 9.57. The first kappa shape index (κ1) is 11.7. The number of hydrogen-bond acceptors (Lipinski definition) is 0. The highest BCUT2D eigenvalue weighted by Gasteiger charge is 2.09. The minimum atomic E-state index is -0.664. The van der Waals surface area contributed by atoms with Gasteiger partial charge in [-0.05, 0) is 0 Å². The van der Waals surface area contributed by atoms with E-state index in [0.717, 1.165) is 0 Å². The summed E-state index contributed by atoms with van der Waals surface area (Å²) in [5.74, 6) is 0. The standard InChI is InChI=1S/C8H4B6/c9-5-1-3(7(11)12)4(8(13)14)2-6(5)10/h1-2,7-8H. The van der Waals surface area contributed by atoms with Gasteiger partial charge in [0.2, 0.25) is 0 Å². The summed E-state index contributed by atoms with van der Waals surface area (Å²) in [6.45, 7) is 0. The Kier molecular flexibility index (Phi) is 3.69. The molecular weight excluding hydrogens is 161 g/mol. The Labute approximate surface area is 93.1 Å². The van der Waals surface area contributed by atoms with E-state index in [1.54, 1.807) is 12.1 Å². The minimum absolute atomic E-state index is 0.422. The molecule has 0 bridgehead atoms. The third-order valence-corrected chi connectivity index (χ3v) is 2.01. The fraction of sp³-hybridized carbons (Fsp3) is 0.250. The zero-order valence-electron chi connectivity index (χ0n) is 7.77. The van der Waals surface area contributed by atoms with Gasteiger partial charge >= 0.3 is 0 Å². The van der Waals surface area contributed by atoms with Gasteiger partial charge in [-0.15, -0.1) is 10.9 Å². The fourth-order valence-corrected chi connectivity index (χ4v) is 1.25. The minimum Gasteiger partial charge on any atom is -0.103 e. The first-order valence-electron chi connectivity index (χ1n) is 4.14. The van der Waals surface area contributed by atoms with Crippen molar-refractivity contribution in [2.45, 2.75) is 11.4 Å². The van der Waals surface area contributed by atoms with Gasteiger partial charge in [-0.2, -0.15) is 0 Å². The maximum atomic E-state index is 5.61. The van der Waals surface area contributed by atoms with Crippen LogP contribution < -0.4 is 10.9 Å². The normalized spacial score (nSPS) is 11.0. The van der Waals surface area contributed by atoms with Crippen molar-refractivity contribution in [2.24, 2.45) is 0 Å². The number of rotatable bonds is 2. The fourth-order valence-electron chi connectivity index (χ4n) is 1.25. The zero-order chi connectivity index (χ0) is 10.9. The van der Waals surface area contributed by atoms with Crippen LogP contribution >= 0.6 is 0 Å². The highest BCUT2D eigenvalue weighted by Crippen LogP contribution is 2.18. The van der Waals surface area contributed by atoms with Gasteiger partial charge in [-0.25, -0.2) is 0 Å². The molecule has 0 nitrogen and oxygen atoms in total. The predicted octanol–water partition coefficient (Wildman–Crippen LogP) is -2.05. The molecule has 0 aliphatic heterocycles. The zero-order valence-corrected chi connectivity index (χ0v) is 7.77. The van der Waals surface area contributed by atoms with E-state index in [0.29, 0.717) is 22.1 Å². The Hall–Kier alpha value is -0.390. The van der Waals surface area contributed by atoms with Crippen molar-refractivity contribution in [1.82, 2.24) is 0 Å². The van der Waals surface area contributed by atoms with Crippen LogP contribution in [0.4, 0.5) is 0 Å². The van der Waals surface area contributed by atoms with Crippen LogP contribution in [0.3, 0.4) is 0 Å². The molecule has 0 saturated carbocycles. The van der Waals surface area contributed by atoms with Crippen molar-refractivity contribution < 1.29 is 0 Å². The average Bonchev–Trinajstić information content (AvgIpc) is 2.08. The Morgan fingerprint density at radius 2 is 1.00 bits per heavy atom. The highest BCUT2D eigenvalue weighted by molar-refractivity contribution is 6.49. The van der Waals surface area contributed by atoms with Crippen molar-refractivity contribution in [3.05, 3.63) is 23.3 Å². The van der Waals surface area contributed by atoms with Gasteiger partial charge in [0.25, 0.3) is 0 Å². The monoisotopic (exact) mass is 166 g/mol. The molecule has 0 atom stereocenters. The van der Waals surface area contributed by atoms with Crippen LogP contribution in [0.25, 0.3) is 0 Å². The molecule has 12 radical (unpaired) electrons. The average molecular weight is 165 g/mol. The van der Waals surface area contributed by atoms with Crippen LogP contribution in [0.2, 0.25) is 0 Å². The van der Waals surface area contributed by atoms with E-state index in [9.17, 15) is 0 Å². The molecule has 14 heavy (non-hydrogen) atoms. The van der Waals surface area contributed by atoms with Gasteiger partial charge in [0.15, 0.2) is 0 Å². The molecule has 0 aromatic heterocycles. The Morgan fingerprint density at radius 3 is 1.21 bits per heavy atom. The maximum Gasteiger partial charge on any atom is 0.112 e. The van der Waals surface area contributed by atoms with Gasteiger partial charge in [0, 0.05) is 0 Å². The molecule has 6 heteroatoms. The molecule has 0 aliphatic rings. The molecule has 0 heterocycles. The van der Waals surface area contributed by atoms with Gasteiger partial charge in [-0.3, -0.25) is 0 Å². The molecule has 0 spiro atoms. The lowest BCUT2D eigenvalue weighted by molar-refractivity contribution is 1.22. The van der Waals surface area contributed by atoms with Crippen molar-refractivity contribution in [3.63, 3.8) is 0 Å². The summed E-state index contributed by atoms with van der Waals surface area (Å²) < 4.78 is 0. The third kappa shape index (κ3) is 2.34. The van der Waals surface area contributed by atoms with Crippen molar-refractivity contribution in [1.29, 1.82) is 0 Å². The van der Waals surface area contributed by atoms with E-state index in [1.807, 2.05) is 0 Å². The van der Waals surface area contributed by atoms with Gasteiger partial charge < -0.3 is 0 Å². The van der Waals surface area contributed by atoms with Gasteiger partial charge in [0.1, 0.15) is 15.7 Å². The van der Waals surface area contributed by atoms with Crippen molar-refractivity contribution in [3.8, 4) is 0 Å². The van der Waals surface area contributed by atoms with Crippen LogP contribution in [0.1, 0.15) is 22.6 Å². The van der Waals surface area contributed by atoms with Gasteiger partial charge in [0.05, 0.1) is 31.4 Å². The first-order valence-corrected chi connectivity index (χ1v) is 4.14. The van der Waals surface area contributed by atoms with Crippen LogP contribution in [-0.2, 0) is 0 Å². The summed E-state index contributed by atoms with van der Waals surface area (Å²) in [6.07, 6.45) is 0. The molecule has 54 valence electrons. The SMILES string of the molecule is [B]c1cc(C([B])[B])c(C([B])[B])cc1[B]. The molecule has 1 rings (SSSR count). The number of benzene rings is 1. The maximum absolute atomic E-state index is 5.61. The van der Waals surface area contributed by atoms with E-state index in [4.69, 9.17) is 47.1 Å². The Balaban J connectivity index is 3.31. The van der Waals surface area contributed by atoms with E-state index >= 15 is 0 Å². The topological polar surface area (TPSA) is 0 Å². The molecule has 0 fully saturated rings. The van der Waals surface area contributed by atoms with E-state index in [1.165, 1.54) is 0 Å². The summed E-state index contributed by atoms with van der Waals surface area (Å²) in [7, 11) is 33.4. The van der Waals surface area contributed by atoms with E-state index in [-0.39, 0.29) is 0 Å². The molecule has 1 aromatic carbocycles. The summed E-state index contributed by atoms with van der Waals surface area (Å²) in [4.78, 5) is 0. The Bertz CT molecular complexity index is 300. The quantitative estimate of drug-likeness (QED) is 0.442. The molecule has 0 unspecified atom stereocenters. The third-order valence-electron chi connectivity index (χ3n) is 2.01. The summed E-state index contributed by atoms with van der Waals surface area (Å²) in [5, 5.41) is 0. The summed E-state index contributed by atoms with van der Waals surface area (Å²) >= 11 is 0. The molecule has 1 aromatic rings. The van der Waals surface area contributed by atoms with E-state index in [2.05, 4.69) is 0 Å². The molecule has 0 saturated heterocycles. The van der Waals surface area contributed by atoms with Crippen LogP contribution in [0, 0.1) is 0 Å². The van der Waals surface area contributed by atoms with Crippen molar-refractivity contribution >= 4 is 58.0 Å². The second-order valence-electron chi connectivity index (χ2n) is 3.16. The molecule has 0 N–H and O–H groups in total. The highest BCUT2D eigenvalue weighted by atomic mass is 14.1. The molecule has 0 amide bonds. The summed E-state index contributed by atoms with van der Waals surface area (Å²) in [5.41, 5.74) is 0.749. The second-order valence-corrected chi connectivity index (χ2v) is 3.16. The van der Waals surface area contributed by atoms with Crippen LogP contribution in [0.15, 0.2) is 12.1 Å². The lowest BCUT2D eigenvalue weighted by Gasteiger charge is -2.19. The molecular formula is C8H4B6. The Morgan fingerprint density at radius 1 is 0.714 bits per heavy atom. The smallest absolute Gasteiger partial charge is 0.103 e. The van der Waals surface area contributed by atoms with Crippen LogP contribution in [-0.4, -0.2) is 47.1 Å². The largest absolute Gasteiger partial charge is 0.112 e. The van der Waals surface area contributed by atoms with Crippen molar-refractivity contribution in [2.75, 3.05) is 0 Å². The lowest BCUT2D eigenvalue weighted by Crippen LogP contribution is -2.28. The van der Waals surface area contributed by atoms with Gasteiger partial charge in [-0.1, -0.05) is 34.7 Å². The molecule has 0 aliphatic carbocycles. The summed E-state index contributed by atoms with van der Waals surface area (Å²) in [6, 6.07) is 3.20. The first-order chi connectivity index (χ1) is 6.43. The van der Waals surface area contributed by atoms with E-state index < -0.39 is 11.4 Å².